The third-order valence-corrected chi connectivity index (χ3v) is 5.25. The highest BCUT2D eigenvalue weighted by Crippen LogP contribution is 2.35. The number of fused-ring (bicyclic) bond motifs is 1. The molecule has 1 unspecified atom stereocenters. The summed E-state index contributed by atoms with van der Waals surface area (Å²) in [4.78, 5) is 36.4. The summed E-state index contributed by atoms with van der Waals surface area (Å²) in [6.07, 6.45) is 0. The highest BCUT2D eigenvalue weighted by Gasteiger charge is 2.37. The summed E-state index contributed by atoms with van der Waals surface area (Å²) in [6.45, 7) is 1.79. The summed E-state index contributed by atoms with van der Waals surface area (Å²) in [6, 6.07) is 20.6. The predicted octanol–water partition coefficient (Wildman–Crippen LogP) is 3.07. The molecule has 4 aromatic rings. The normalized spacial score (nSPS) is 16.0. The molecule has 0 saturated carbocycles. The van der Waals surface area contributed by atoms with Gasteiger partial charge in [-0.3, -0.25) is 9.78 Å². The number of rotatable bonds is 3. The van der Waals surface area contributed by atoms with E-state index < -0.39 is 11.6 Å². The molecule has 31 heavy (non-hydrogen) atoms. The van der Waals surface area contributed by atoms with Crippen molar-refractivity contribution < 1.29 is 4.79 Å². The van der Waals surface area contributed by atoms with Crippen LogP contribution in [0, 0.1) is 0 Å². The number of nitrogens with zero attached hydrogens (tertiary/aromatic N) is 4. The SMILES string of the molecule is CC1=NN(c2ccccc2)C(=O)C1c1cc(-c2ccccc2)c2c(N)[nH]c(=O)nc2n1. The number of carbonyl (C=O) groups excluding carboxylic acids is 1. The first-order valence-corrected chi connectivity index (χ1v) is 9.73. The van der Waals surface area contributed by atoms with Crippen LogP contribution in [-0.2, 0) is 4.79 Å². The molecule has 1 amide bonds. The zero-order valence-corrected chi connectivity index (χ0v) is 16.6. The molecule has 1 atom stereocenters. The molecule has 2 aromatic carbocycles. The van der Waals surface area contributed by atoms with E-state index in [4.69, 9.17) is 5.73 Å². The van der Waals surface area contributed by atoms with E-state index in [0.29, 0.717) is 22.5 Å². The minimum absolute atomic E-state index is 0.182. The molecule has 0 fully saturated rings. The second kappa shape index (κ2) is 7.17. The molecule has 8 nitrogen and oxygen atoms in total. The van der Waals surface area contributed by atoms with Crippen LogP contribution in [0.25, 0.3) is 22.2 Å². The Bertz CT molecular complexity index is 1400. The number of aromatic nitrogens is 3. The topological polar surface area (TPSA) is 117 Å². The van der Waals surface area contributed by atoms with Gasteiger partial charge in [0.2, 0.25) is 0 Å². The highest BCUT2D eigenvalue weighted by atomic mass is 16.2. The first kappa shape index (κ1) is 18.7. The molecular formula is C23H18N6O2. The van der Waals surface area contributed by atoms with Crippen LogP contribution in [0.4, 0.5) is 11.5 Å². The average molecular weight is 410 g/mol. The Kier molecular flexibility index (Phi) is 4.32. The second-order valence-electron chi connectivity index (χ2n) is 7.27. The number of anilines is 2. The molecule has 152 valence electrons. The largest absolute Gasteiger partial charge is 0.385 e. The van der Waals surface area contributed by atoms with Crippen molar-refractivity contribution in [2.45, 2.75) is 12.8 Å². The molecule has 0 bridgehead atoms. The average Bonchev–Trinajstić information content (AvgIpc) is 3.07. The fourth-order valence-corrected chi connectivity index (χ4v) is 3.85. The molecule has 5 rings (SSSR count). The van der Waals surface area contributed by atoms with Crippen molar-refractivity contribution in [2.75, 3.05) is 10.7 Å². The number of nitrogens with one attached hydrogen (secondary N) is 1. The number of para-hydroxylation sites is 1. The van der Waals surface area contributed by atoms with Gasteiger partial charge in [0, 0.05) is 0 Å². The number of hydrazone groups is 1. The van der Waals surface area contributed by atoms with Crippen molar-refractivity contribution in [3.63, 3.8) is 0 Å². The van der Waals surface area contributed by atoms with Gasteiger partial charge >= 0.3 is 5.69 Å². The van der Waals surface area contributed by atoms with Gasteiger partial charge in [-0.1, -0.05) is 48.5 Å². The lowest BCUT2D eigenvalue weighted by atomic mass is 9.94. The monoisotopic (exact) mass is 410 g/mol. The molecule has 2 aromatic heterocycles. The molecule has 1 aliphatic rings. The van der Waals surface area contributed by atoms with Crippen LogP contribution in [0.5, 0.6) is 0 Å². The molecular weight excluding hydrogens is 392 g/mol. The lowest BCUT2D eigenvalue weighted by Crippen LogP contribution is -2.26. The van der Waals surface area contributed by atoms with E-state index in [9.17, 15) is 9.59 Å². The molecule has 3 heterocycles. The molecule has 1 aliphatic heterocycles. The molecule has 0 aliphatic carbocycles. The maximum atomic E-state index is 13.3. The Balaban J connectivity index is 1.70. The molecule has 0 saturated heterocycles. The minimum atomic E-state index is -0.686. The molecule has 0 radical (unpaired) electrons. The number of H-pyrrole nitrogens is 1. The lowest BCUT2D eigenvalue weighted by molar-refractivity contribution is -0.118. The Morgan fingerprint density at radius 2 is 1.65 bits per heavy atom. The number of hydrogen-bond acceptors (Lipinski definition) is 6. The van der Waals surface area contributed by atoms with Crippen LogP contribution in [0.3, 0.4) is 0 Å². The van der Waals surface area contributed by atoms with Crippen LogP contribution in [0.15, 0.2) is 76.6 Å². The Hall–Kier alpha value is -4.33. The summed E-state index contributed by atoms with van der Waals surface area (Å²) in [5.41, 5.74) is 9.07. The lowest BCUT2D eigenvalue weighted by Gasteiger charge is -2.16. The number of nitrogens with two attached hydrogens (primary N) is 1. The smallest absolute Gasteiger partial charge is 0.348 e. The summed E-state index contributed by atoms with van der Waals surface area (Å²) < 4.78 is 0. The van der Waals surface area contributed by atoms with Crippen LogP contribution in [-0.4, -0.2) is 26.6 Å². The van der Waals surface area contributed by atoms with Crippen molar-refractivity contribution in [1.82, 2.24) is 15.0 Å². The number of hydrogen-bond donors (Lipinski definition) is 2. The minimum Gasteiger partial charge on any atom is -0.385 e. The summed E-state index contributed by atoms with van der Waals surface area (Å²) in [5.74, 6) is -0.719. The van der Waals surface area contributed by atoms with Gasteiger partial charge in [-0.15, -0.1) is 0 Å². The molecule has 0 spiro atoms. The predicted molar refractivity (Wildman–Crippen MR) is 120 cm³/mol. The molecule has 8 heteroatoms. The van der Waals surface area contributed by atoms with Gasteiger partial charge in [0.25, 0.3) is 5.91 Å². The number of benzene rings is 2. The van der Waals surface area contributed by atoms with E-state index in [2.05, 4.69) is 20.1 Å². The fourth-order valence-electron chi connectivity index (χ4n) is 3.85. The standard InChI is InChI=1S/C23H18N6O2/c1-13-18(22(30)29(28-13)15-10-6-3-7-11-15)17-12-16(14-8-4-2-5-9-14)19-20(24)26-23(31)27-21(19)25-17/h2-12,18H,1H3,(H3,24,25,26,27,31). The van der Waals surface area contributed by atoms with Gasteiger partial charge in [0.15, 0.2) is 5.65 Å². The van der Waals surface area contributed by atoms with Gasteiger partial charge in [-0.25, -0.2) is 9.78 Å². The van der Waals surface area contributed by atoms with E-state index in [-0.39, 0.29) is 17.4 Å². The van der Waals surface area contributed by atoms with Crippen molar-refractivity contribution in [1.29, 1.82) is 0 Å². The van der Waals surface area contributed by atoms with E-state index in [1.165, 1.54) is 5.01 Å². The number of nitrogen functional groups attached to an aromatic ring is 1. The first-order valence-electron chi connectivity index (χ1n) is 9.73. The van der Waals surface area contributed by atoms with Crippen molar-refractivity contribution in [3.05, 3.63) is 82.9 Å². The van der Waals surface area contributed by atoms with Gasteiger partial charge < -0.3 is 5.73 Å². The first-order chi connectivity index (χ1) is 15.0. The van der Waals surface area contributed by atoms with Crippen LogP contribution >= 0.6 is 0 Å². The fraction of sp³-hybridized carbons (Fsp3) is 0.0870. The molecule has 3 N–H and O–H groups in total. The zero-order chi connectivity index (χ0) is 21.5. The van der Waals surface area contributed by atoms with Gasteiger partial charge in [0.1, 0.15) is 11.7 Å². The number of aromatic amines is 1. The number of amides is 1. The van der Waals surface area contributed by atoms with Crippen molar-refractivity contribution in [2.24, 2.45) is 5.10 Å². The van der Waals surface area contributed by atoms with E-state index in [1.807, 2.05) is 66.7 Å². The maximum Gasteiger partial charge on any atom is 0.348 e. The van der Waals surface area contributed by atoms with E-state index in [0.717, 1.165) is 11.1 Å². The number of carbonyl (C=O) groups is 1. The Morgan fingerprint density at radius 3 is 2.35 bits per heavy atom. The van der Waals surface area contributed by atoms with Gasteiger partial charge in [-0.2, -0.15) is 15.1 Å². The summed E-state index contributed by atoms with van der Waals surface area (Å²) in [5, 5.41) is 6.38. The van der Waals surface area contributed by atoms with Crippen molar-refractivity contribution >= 4 is 34.2 Å². The van der Waals surface area contributed by atoms with E-state index >= 15 is 0 Å². The van der Waals surface area contributed by atoms with Gasteiger partial charge in [0.05, 0.1) is 22.5 Å². The van der Waals surface area contributed by atoms with Gasteiger partial charge in [-0.05, 0) is 36.2 Å². The van der Waals surface area contributed by atoms with Crippen LogP contribution in [0.2, 0.25) is 0 Å². The Morgan fingerprint density at radius 1 is 0.968 bits per heavy atom. The van der Waals surface area contributed by atoms with E-state index in [1.54, 1.807) is 6.92 Å². The van der Waals surface area contributed by atoms with Crippen molar-refractivity contribution in [3.8, 4) is 11.1 Å². The third kappa shape index (κ3) is 3.14. The van der Waals surface area contributed by atoms with Crippen LogP contribution < -0.4 is 16.4 Å². The Labute approximate surface area is 177 Å². The summed E-state index contributed by atoms with van der Waals surface area (Å²) in [7, 11) is 0. The highest BCUT2D eigenvalue weighted by molar-refractivity contribution is 6.19. The number of pyridine rings is 1. The van der Waals surface area contributed by atoms with Crippen LogP contribution in [0.1, 0.15) is 18.5 Å². The zero-order valence-electron chi connectivity index (χ0n) is 16.6. The maximum absolute atomic E-state index is 13.3. The summed E-state index contributed by atoms with van der Waals surface area (Å²) >= 11 is 0. The second-order valence-corrected chi connectivity index (χ2v) is 7.27. The quantitative estimate of drug-likeness (QED) is 0.538. The third-order valence-electron chi connectivity index (χ3n) is 5.25.